The predicted octanol–water partition coefficient (Wildman–Crippen LogP) is 2.77. The number of pyridine rings is 1. The molecule has 108 valence electrons. The van der Waals surface area contributed by atoms with E-state index in [-0.39, 0.29) is 0 Å². The molecule has 5 heteroatoms. The average Bonchev–Trinajstić information content (AvgIpc) is 3.09. The second-order valence-corrected chi connectivity index (χ2v) is 4.99. The molecular weight excluding hydrogens is 264 g/mol. The molecule has 3 rings (SSSR count). The van der Waals surface area contributed by atoms with E-state index in [1.807, 2.05) is 49.0 Å². The van der Waals surface area contributed by atoms with Crippen LogP contribution in [0.25, 0.3) is 5.82 Å². The second-order valence-electron chi connectivity index (χ2n) is 4.99. The van der Waals surface area contributed by atoms with Crippen LogP contribution in [0.4, 0.5) is 0 Å². The molecule has 3 aromatic rings. The highest BCUT2D eigenvalue weighted by Gasteiger charge is 2.02. The van der Waals surface area contributed by atoms with Gasteiger partial charge in [-0.15, -0.1) is 0 Å². The number of nitrogens with zero attached hydrogens (tertiary/aromatic N) is 3. The fraction of sp³-hybridized carbons (Fsp3) is 0.250. The van der Waals surface area contributed by atoms with Crippen LogP contribution < -0.4 is 5.32 Å². The highest BCUT2D eigenvalue weighted by atomic mass is 16.3. The molecular formula is C16H18N4O. The number of nitrogens with one attached hydrogen (secondary N) is 1. The maximum Gasteiger partial charge on any atom is 0.137 e. The highest BCUT2D eigenvalue weighted by molar-refractivity contribution is 5.27. The quantitative estimate of drug-likeness (QED) is 0.782. The molecule has 0 amide bonds. The number of aromatic nitrogens is 3. The summed E-state index contributed by atoms with van der Waals surface area (Å²) in [6.45, 7) is 5.39. The summed E-state index contributed by atoms with van der Waals surface area (Å²) in [7, 11) is 0. The van der Waals surface area contributed by atoms with E-state index in [4.69, 9.17) is 4.42 Å². The van der Waals surface area contributed by atoms with Crippen LogP contribution in [0, 0.1) is 13.8 Å². The molecule has 0 bridgehead atoms. The third-order valence-electron chi connectivity index (χ3n) is 3.31. The highest BCUT2D eigenvalue weighted by Crippen LogP contribution is 2.09. The molecule has 0 spiro atoms. The van der Waals surface area contributed by atoms with E-state index >= 15 is 0 Å². The van der Waals surface area contributed by atoms with Crippen molar-refractivity contribution in [3.8, 4) is 5.82 Å². The molecule has 5 nitrogen and oxygen atoms in total. The summed E-state index contributed by atoms with van der Waals surface area (Å²) in [5, 5.41) is 3.34. The standard InChI is InChI=1S/C16H18N4O/c1-12-3-5-15(21-12)11-17-9-14-4-6-16(19-10-14)20-8-7-18-13(20)2/h3-8,10,17H,9,11H2,1-2H3. The average molecular weight is 282 g/mol. The molecule has 0 aromatic carbocycles. The van der Waals surface area contributed by atoms with E-state index in [1.165, 1.54) is 0 Å². The third-order valence-corrected chi connectivity index (χ3v) is 3.31. The van der Waals surface area contributed by atoms with Crippen molar-refractivity contribution in [2.45, 2.75) is 26.9 Å². The second kappa shape index (κ2) is 5.93. The molecule has 0 saturated heterocycles. The first-order chi connectivity index (χ1) is 10.2. The summed E-state index contributed by atoms with van der Waals surface area (Å²) in [5.41, 5.74) is 1.14. The minimum atomic E-state index is 0.718. The zero-order chi connectivity index (χ0) is 14.7. The first-order valence-corrected chi connectivity index (χ1v) is 6.93. The van der Waals surface area contributed by atoms with Gasteiger partial charge in [0.1, 0.15) is 23.2 Å². The van der Waals surface area contributed by atoms with Crippen LogP contribution in [-0.2, 0) is 13.1 Å². The van der Waals surface area contributed by atoms with Crippen LogP contribution in [0.2, 0.25) is 0 Å². The Kier molecular flexibility index (Phi) is 3.83. The number of hydrogen-bond donors (Lipinski definition) is 1. The van der Waals surface area contributed by atoms with E-state index in [0.29, 0.717) is 0 Å². The zero-order valence-electron chi connectivity index (χ0n) is 12.2. The number of aryl methyl sites for hydroxylation is 2. The summed E-state index contributed by atoms with van der Waals surface area (Å²) in [5.74, 6) is 3.71. The van der Waals surface area contributed by atoms with Crippen molar-refractivity contribution < 1.29 is 4.42 Å². The smallest absolute Gasteiger partial charge is 0.137 e. The number of rotatable bonds is 5. The molecule has 1 N–H and O–H groups in total. The van der Waals surface area contributed by atoms with Gasteiger partial charge in [0.15, 0.2) is 0 Å². The number of imidazole rings is 1. The van der Waals surface area contributed by atoms with Crippen LogP contribution in [0.15, 0.2) is 47.3 Å². The Morgan fingerprint density at radius 1 is 1.10 bits per heavy atom. The monoisotopic (exact) mass is 282 g/mol. The fourth-order valence-electron chi connectivity index (χ4n) is 2.19. The lowest BCUT2D eigenvalue weighted by molar-refractivity contribution is 0.461. The Hall–Kier alpha value is -2.40. The van der Waals surface area contributed by atoms with Gasteiger partial charge in [-0.2, -0.15) is 0 Å². The molecule has 0 aliphatic rings. The van der Waals surface area contributed by atoms with E-state index in [2.05, 4.69) is 21.4 Å². The zero-order valence-corrected chi connectivity index (χ0v) is 12.2. The van der Waals surface area contributed by atoms with E-state index in [0.717, 1.165) is 41.8 Å². The van der Waals surface area contributed by atoms with Crippen LogP contribution >= 0.6 is 0 Å². The van der Waals surface area contributed by atoms with Crippen molar-refractivity contribution in [1.82, 2.24) is 19.9 Å². The number of furan rings is 1. The molecule has 0 radical (unpaired) electrons. The lowest BCUT2D eigenvalue weighted by atomic mass is 10.2. The molecule has 0 fully saturated rings. The van der Waals surface area contributed by atoms with Crippen LogP contribution in [0.5, 0.6) is 0 Å². The lowest BCUT2D eigenvalue weighted by Gasteiger charge is -2.06. The van der Waals surface area contributed by atoms with Crippen molar-refractivity contribution in [3.05, 3.63) is 65.8 Å². The van der Waals surface area contributed by atoms with Gasteiger partial charge >= 0.3 is 0 Å². The Labute approximate surface area is 123 Å². The summed E-state index contributed by atoms with van der Waals surface area (Å²) in [4.78, 5) is 8.67. The molecule has 0 saturated carbocycles. The molecule has 0 atom stereocenters. The molecule has 21 heavy (non-hydrogen) atoms. The van der Waals surface area contributed by atoms with Gasteiger partial charge in [-0.25, -0.2) is 9.97 Å². The summed E-state index contributed by atoms with van der Waals surface area (Å²) < 4.78 is 7.48. The minimum absolute atomic E-state index is 0.718. The van der Waals surface area contributed by atoms with Crippen molar-refractivity contribution in [3.63, 3.8) is 0 Å². The SMILES string of the molecule is Cc1ccc(CNCc2ccc(-n3ccnc3C)nc2)o1. The number of hydrogen-bond acceptors (Lipinski definition) is 4. The summed E-state index contributed by atoms with van der Waals surface area (Å²) in [6.07, 6.45) is 5.57. The Balaban J connectivity index is 1.58. The molecule has 0 unspecified atom stereocenters. The van der Waals surface area contributed by atoms with Gasteiger partial charge in [0.25, 0.3) is 0 Å². The van der Waals surface area contributed by atoms with E-state index in [9.17, 15) is 0 Å². The van der Waals surface area contributed by atoms with Gasteiger partial charge in [0.2, 0.25) is 0 Å². The molecule has 0 aliphatic carbocycles. The summed E-state index contributed by atoms with van der Waals surface area (Å²) >= 11 is 0. The van der Waals surface area contributed by atoms with Crippen molar-refractivity contribution >= 4 is 0 Å². The van der Waals surface area contributed by atoms with Gasteiger partial charge < -0.3 is 9.73 Å². The van der Waals surface area contributed by atoms with E-state index in [1.54, 1.807) is 6.20 Å². The lowest BCUT2D eigenvalue weighted by Crippen LogP contribution is -2.12. The van der Waals surface area contributed by atoms with Crippen LogP contribution in [0.3, 0.4) is 0 Å². The molecule has 3 heterocycles. The molecule has 0 aliphatic heterocycles. The van der Waals surface area contributed by atoms with Crippen LogP contribution in [-0.4, -0.2) is 14.5 Å². The van der Waals surface area contributed by atoms with Crippen molar-refractivity contribution in [2.75, 3.05) is 0 Å². The first-order valence-electron chi connectivity index (χ1n) is 6.93. The van der Waals surface area contributed by atoms with Crippen molar-refractivity contribution in [2.24, 2.45) is 0 Å². The Morgan fingerprint density at radius 2 is 2.00 bits per heavy atom. The van der Waals surface area contributed by atoms with E-state index < -0.39 is 0 Å². The largest absolute Gasteiger partial charge is 0.465 e. The maximum absolute atomic E-state index is 5.51. The van der Waals surface area contributed by atoms with Gasteiger partial charge in [0.05, 0.1) is 6.54 Å². The molecule has 3 aromatic heterocycles. The van der Waals surface area contributed by atoms with Gasteiger partial charge in [0, 0.05) is 25.1 Å². The van der Waals surface area contributed by atoms with Crippen molar-refractivity contribution in [1.29, 1.82) is 0 Å². The first kappa shape index (κ1) is 13.6. The minimum Gasteiger partial charge on any atom is -0.465 e. The van der Waals surface area contributed by atoms with Gasteiger partial charge in [-0.05, 0) is 37.6 Å². The van der Waals surface area contributed by atoms with Gasteiger partial charge in [-0.1, -0.05) is 6.07 Å². The third kappa shape index (κ3) is 3.20. The topological polar surface area (TPSA) is 55.9 Å². The summed E-state index contributed by atoms with van der Waals surface area (Å²) in [6, 6.07) is 8.04. The van der Waals surface area contributed by atoms with Crippen LogP contribution in [0.1, 0.15) is 22.9 Å². The normalized spacial score (nSPS) is 11.0. The fourth-order valence-corrected chi connectivity index (χ4v) is 2.19. The Bertz CT molecular complexity index is 712. The predicted molar refractivity (Wildman–Crippen MR) is 80.1 cm³/mol. The Morgan fingerprint density at radius 3 is 2.62 bits per heavy atom. The van der Waals surface area contributed by atoms with Gasteiger partial charge in [-0.3, -0.25) is 4.57 Å². The maximum atomic E-state index is 5.51.